The van der Waals surface area contributed by atoms with Crippen molar-refractivity contribution in [1.82, 2.24) is 10.3 Å². The molecule has 0 fully saturated rings. The number of aryl methyl sites for hydroxylation is 1. The van der Waals surface area contributed by atoms with Crippen molar-refractivity contribution in [2.75, 3.05) is 0 Å². The molecule has 1 N–H and O–H groups in total. The summed E-state index contributed by atoms with van der Waals surface area (Å²) in [6.45, 7) is 3.89. The van der Waals surface area contributed by atoms with E-state index in [1.54, 1.807) is 31.5 Å². The number of rotatable bonds is 5. The number of fused-ring (bicyclic) bond motifs is 3. The van der Waals surface area contributed by atoms with Gasteiger partial charge < -0.3 is 14.5 Å². The number of ether oxygens (including phenoxy) is 1. The summed E-state index contributed by atoms with van der Waals surface area (Å²) in [6, 6.07) is 14.7. The quantitative estimate of drug-likeness (QED) is 0.416. The van der Waals surface area contributed by atoms with Crippen LogP contribution in [0.1, 0.15) is 18.1 Å². The highest BCUT2D eigenvalue weighted by molar-refractivity contribution is 6.05. The second-order valence-corrected chi connectivity index (χ2v) is 6.83. The number of benzene rings is 2. The molecule has 0 saturated carbocycles. The van der Waals surface area contributed by atoms with E-state index in [-0.39, 0.29) is 5.91 Å². The van der Waals surface area contributed by atoms with E-state index in [0.717, 1.165) is 16.3 Å². The highest BCUT2D eigenvalue weighted by atomic mass is 16.5. The van der Waals surface area contributed by atoms with Crippen LogP contribution in [0.4, 0.5) is 0 Å². The van der Waals surface area contributed by atoms with Crippen LogP contribution in [0.15, 0.2) is 70.1 Å². The van der Waals surface area contributed by atoms with E-state index < -0.39 is 11.7 Å². The first-order chi connectivity index (χ1) is 14.0. The van der Waals surface area contributed by atoms with Crippen LogP contribution < -0.4 is 15.7 Å². The molecule has 1 unspecified atom stereocenters. The first kappa shape index (κ1) is 18.7. The number of pyridine rings is 1. The van der Waals surface area contributed by atoms with Gasteiger partial charge in [-0.3, -0.25) is 9.78 Å². The monoisotopic (exact) mass is 388 g/mol. The zero-order chi connectivity index (χ0) is 20.4. The predicted molar refractivity (Wildman–Crippen MR) is 111 cm³/mol. The lowest BCUT2D eigenvalue weighted by molar-refractivity contribution is -0.127. The molecule has 0 radical (unpaired) electrons. The maximum absolute atomic E-state index is 12.4. The van der Waals surface area contributed by atoms with Crippen LogP contribution in [0.2, 0.25) is 0 Å². The van der Waals surface area contributed by atoms with Crippen molar-refractivity contribution < 1.29 is 13.9 Å². The van der Waals surface area contributed by atoms with E-state index in [4.69, 9.17) is 9.15 Å². The number of nitrogens with zero attached hydrogens (tertiary/aromatic N) is 1. The van der Waals surface area contributed by atoms with Crippen molar-refractivity contribution in [2.45, 2.75) is 26.5 Å². The van der Waals surface area contributed by atoms with Gasteiger partial charge in [0.1, 0.15) is 11.3 Å². The molecule has 6 nitrogen and oxygen atoms in total. The molecule has 146 valence electrons. The highest BCUT2D eigenvalue weighted by Crippen LogP contribution is 2.31. The van der Waals surface area contributed by atoms with E-state index in [0.29, 0.717) is 28.8 Å². The van der Waals surface area contributed by atoms with Gasteiger partial charge in [-0.05, 0) is 55.1 Å². The number of nitrogens with one attached hydrogen (secondary N) is 1. The Hall–Kier alpha value is -3.67. The van der Waals surface area contributed by atoms with E-state index >= 15 is 0 Å². The number of hydrogen-bond acceptors (Lipinski definition) is 5. The summed E-state index contributed by atoms with van der Waals surface area (Å²) in [5.41, 5.74) is 1.71. The number of amides is 1. The number of hydrogen-bond donors (Lipinski definition) is 1. The zero-order valence-electron chi connectivity index (χ0n) is 16.1. The summed E-state index contributed by atoms with van der Waals surface area (Å²) >= 11 is 0. The molecule has 4 rings (SSSR count). The minimum Gasteiger partial charge on any atom is -0.480 e. The maximum Gasteiger partial charge on any atom is 0.344 e. The Morgan fingerprint density at radius 2 is 1.79 bits per heavy atom. The zero-order valence-corrected chi connectivity index (χ0v) is 16.1. The normalized spacial score (nSPS) is 12.1. The van der Waals surface area contributed by atoms with Gasteiger partial charge in [0.2, 0.25) is 0 Å². The maximum atomic E-state index is 12.4. The summed E-state index contributed by atoms with van der Waals surface area (Å²) in [7, 11) is 0. The van der Waals surface area contributed by atoms with E-state index in [1.165, 1.54) is 0 Å². The second kappa shape index (κ2) is 7.75. The fraction of sp³-hybridized carbons (Fsp3) is 0.174. The lowest BCUT2D eigenvalue weighted by Crippen LogP contribution is -2.36. The molecule has 4 aromatic rings. The van der Waals surface area contributed by atoms with E-state index in [1.807, 2.05) is 43.3 Å². The van der Waals surface area contributed by atoms with Crippen molar-refractivity contribution in [1.29, 1.82) is 0 Å². The average Bonchev–Trinajstić information content (AvgIpc) is 2.75. The molecule has 2 aromatic carbocycles. The molecular formula is C23H20N2O4. The Kier molecular flexibility index (Phi) is 4.99. The van der Waals surface area contributed by atoms with Crippen molar-refractivity contribution in [3.05, 3.63) is 82.5 Å². The summed E-state index contributed by atoms with van der Waals surface area (Å²) in [4.78, 5) is 28.7. The molecular weight excluding hydrogens is 368 g/mol. The van der Waals surface area contributed by atoms with E-state index in [9.17, 15) is 9.59 Å². The van der Waals surface area contributed by atoms with Crippen LogP contribution in [0, 0.1) is 6.92 Å². The first-order valence-electron chi connectivity index (χ1n) is 9.33. The molecule has 0 aliphatic carbocycles. The van der Waals surface area contributed by atoms with E-state index in [2.05, 4.69) is 10.3 Å². The number of carbonyl (C=O) groups excluding carboxylic acids is 1. The second-order valence-electron chi connectivity index (χ2n) is 6.83. The van der Waals surface area contributed by atoms with Crippen LogP contribution in [0.3, 0.4) is 0 Å². The standard InChI is InChI=1S/C23H20N2O4/c1-14-20(28-15(2)22(26)25-13-16-9-11-24-12-10-16)8-7-18-17-5-3-4-6-19(17)23(27)29-21(14)18/h3-12,15H,13H2,1-2H3,(H,25,26). The molecule has 2 heterocycles. The topological polar surface area (TPSA) is 81.4 Å². The van der Waals surface area contributed by atoms with Crippen LogP contribution in [-0.4, -0.2) is 17.0 Å². The Morgan fingerprint density at radius 3 is 2.55 bits per heavy atom. The Balaban J connectivity index is 1.57. The lowest BCUT2D eigenvalue weighted by atomic mass is 10.0. The van der Waals surface area contributed by atoms with Gasteiger partial charge >= 0.3 is 5.63 Å². The lowest BCUT2D eigenvalue weighted by Gasteiger charge is -2.17. The third-order valence-corrected chi connectivity index (χ3v) is 4.88. The van der Waals surface area contributed by atoms with Crippen molar-refractivity contribution >= 4 is 27.6 Å². The van der Waals surface area contributed by atoms with Gasteiger partial charge in [-0.15, -0.1) is 0 Å². The van der Waals surface area contributed by atoms with Crippen molar-refractivity contribution in [3.8, 4) is 5.75 Å². The molecule has 2 aromatic heterocycles. The molecule has 0 aliphatic rings. The largest absolute Gasteiger partial charge is 0.480 e. The minimum absolute atomic E-state index is 0.235. The first-order valence-corrected chi connectivity index (χ1v) is 9.33. The van der Waals surface area contributed by atoms with Gasteiger partial charge in [-0.25, -0.2) is 4.79 Å². The Labute approximate surface area is 167 Å². The SMILES string of the molecule is Cc1c(OC(C)C(=O)NCc2ccncc2)ccc2c1oc(=O)c1ccccc12. The van der Waals surface area contributed by atoms with Gasteiger partial charge in [0.15, 0.2) is 6.10 Å². The smallest absolute Gasteiger partial charge is 0.344 e. The van der Waals surface area contributed by atoms with Gasteiger partial charge in [0, 0.05) is 29.9 Å². The van der Waals surface area contributed by atoms with Gasteiger partial charge in [-0.1, -0.05) is 18.2 Å². The summed E-state index contributed by atoms with van der Waals surface area (Å²) < 4.78 is 11.4. The Bertz CT molecular complexity index is 1250. The van der Waals surface area contributed by atoms with Gasteiger partial charge in [0.25, 0.3) is 5.91 Å². The molecule has 6 heteroatoms. The number of aromatic nitrogens is 1. The highest BCUT2D eigenvalue weighted by Gasteiger charge is 2.18. The van der Waals surface area contributed by atoms with Gasteiger partial charge in [-0.2, -0.15) is 0 Å². The predicted octanol–water partition coefficient (Wildman–Crippen LogP) is 3.73. The van der Waals surface area contributed by atoms with Crippen LogP contribution in [0.5, 0.6) is 5.75 Å². The van der Waals surface area contributed by atoms with Crippen LogP contribution >= 0.6 is 0 Å². The molecule has 29 heavy (non-hydrogen) atoms. The number of carbonyl (C=O) groups is 1. The third-order valence-electron chi connectivity index (χ3n) is 4.88. The summed E-state index contributed by atoms with van der Waals surface area (Å²) in [6.07, 6.45) is 2.65. The van der Waals surface area contributed by atoms with Crippen molar-refractivity contribution in [2.24, 2.45) is 0 Å². The third kappa shape index (κ3) is 3.69. The molecule has 0 aliphatic heterocycles. The van der Waals surface area contributed by atoms with Crippen LogP contribution in [-0.2, 0) is 11.3 Å². The molecule has 0 saturated heterocycles. The molecule has 1 amide bonds. The minimum atomic E-state index is -0.708. The molecule has 1 atom stereocenters. The van der Waals surface area contributed by atoms with Crippen molar-refractivity contribution in [3.63, 3.8) is 0 Å². The Morgan fingerprint density at radius 1 is 1.07 bits per heavy atom. The molecule has 0 bridgehead atoms. The van der Waals surface area contributed by atoms with Crippen LogP contribution in [0.25, 0.3) is 21.7 Å². The van der Waals surface area contributed by atoms with Gasteiger partial charge in [0.05, 0.1) is 5.39 Å². The molecule has 0 spiro atoms. The summed E-state index contributed by atoms with van der Waals surface area (Å²) in [5.74, 6) is 0.267. The fourth-order valence-electron chi connectivity index (χ4n) is 3.27. The average molecular weight is 388 g/mol. The fourth-order valence-corrected chi connectivity index (χ4v) is 3.27. The summed E-state index contributed by atoms with van der Waals surface area (Å²) in [5, 5.41) is 5.05.